The van der Waals surface area contributed by atoms with Gasteiger partial charge in [-0.3, -0.25) is 0 Å². The molecule has 0 N–H and O–H groups in total. The molecular weight excluding hydrogens is 383 g/mol. The van der Waals surface area contributed by atoms with Gasteiger partial charge in [0.1, 0.15) is 28.3 Å². The maximum Gasteiger partial charge on any atom is 0.307 e. The number of nitrogens with zero attached hydrogens (tertiary/aromatic N) is 2. The Balaban J connectivity index is 2.19. The topological polar surface area (TPSA) is 78.4 Å². The first-order valence-electron chi connectivity index (χ1n) is 7.44. The van der Waals surface area contributed by atoms with Crippen LogP contribution in [0.1, 0.15) is 11.4 Å². The van der Waals surface area contributed by atoms with Crippen molar-refractivity contribution in [3.8, 4) is 11.6 Å². The van der Waals surface area contributed by atoms with Gasteiger partial charge in [0.2, 0.25) is 5.88 Å². The van der Waals surface area contributed by atoms with E-state index < -0.39 is 15.9 Å². The number of halogens is 2. The van der Waals surface area contributed by atoms with Gasteiger partial charge in [-0.25, -0.2) is 9.37 Å². The number of rotatable bonds is 5. The van der Waals surface area contributed by atoms with E-state index in [9.17, 15) is 12.8 Å². The third-order valence-corrected chi connectivity index (χ3v) is 4.21. The van der Waals surface area contributed by atoms with Crippen LogP contribution in [0.5, 0.6) is 11.6 Å². The van der Waals surface area contributed by atoms with Gasteiger partial charge in [0, 0.05) is 11.4 Å². The minimum Gasteiger partial charge on any atom is -0.494 e. The van der Waals surface area contributed by atoms with E-state index in [0.717, 1.165) is 17.9 Å². The molecular formula is C17H14ClFN2O4S. The minimum absolute atomic E-state index is 0.130. The molecule has 0 radical (unpaired) electrons. The summed E-state index contributed by atoms with van der Waals surface area (Å²) < 4.78 is 47.6. The third kappa shape index (κ3) is 4.03. The highest BCUT2D eigenvalue weighted by Crippen LogP contribution is 2.33. The molecule has 6 nitrogen and oxygen atoms in total. The van der Waals surface area contributed by atoms with Crippen LogP contribution in [0.25, 0.3) is 10.9 Å². The standard InChI is InChI=1S/C17H14ClFN2O4S/c1-24-13-8-7-12(19)15-16(13)20-14(21-17(15)25-26(2,22)23)9-10-3-5-11(18)6-4-10/h3-8H,9H2,1-2H3. The number of hydrogen-bond donors (Lipinski definition) is 0. The summed E-state index contributed by atoms with van der Waals surface area (Å²) in [6.45, 7) is 0. The van der Waals surface area contributed by atoms with E-state index in [4.69, 9.17) is 20.5 Å². The van der Waals surface area contributed by atoms with E-state index in [1.54, 1.807) is 24.3 Å². The molecule has 0 saturated carbocycles. The quantitative estimate of drug-likeness (QED) is 0.615. The Morgan fingerprint density at radius 2 is 1.81 bits per heavy atom. The molecule has 0 atom stereocenters. The number of benzene rings is 2. The average Bonchev–Trinajstić information content (AvgIpc) is 2.55. The highest BCUT2D eigenvalue weighted by atomic mass is 35.5. The molecule has 0 aliphatic rings. The number of aromatic nitrogens is 2. The lowest BCUT2D eigenvalue weighted by Gasteiger charge is -2.11. The van der Waals surface area contributed by atoms with Crippen molar-refractivity contribution < 1.29 is 21.7 Å². The normalized spacial score (nSPS) is 11.5. The summed E-state index contributed by atoms with van der Waals surface area (Å²) in [7, 11) is -2.51. The van der Waals surface area contributed by atoms with Crippen molar-refractivity contribution >= 4 is 32.6 Å². The molecule has 1 heterocycles. The maximum absolute atomic E-state index is 14.3. The predicted octanol–water partition coefficient (Wildman–Crippen LogP) is 3.36. The molecule has 0 amide bonds. The largest absolute Gasteiger partial charge is 0.494 e. The van der Waals surface area contributed by atoms with Crippen LogP contribution < -0.4 is 8.92 Å². The molecule has 0 unspecified atom stereocenters. The van der Waals surface area contributed by atoms with Crippen LogP contribution in [-0.2, 0) is 16.5 Å². The van der Waals surface area contributed by atoms with Crippen LogP contribution in [0.15, 0.2) is 36.4 Å². The Labute approximate surface area is 154 Å². The van der Waals surface area contributed by atoms with Gasteiger partial charge in [-0.1, -0.05) is 23.7 Å². The number of ether oxygens (including phenoxy) is 1. The molecule has 26 heavy (non-hydrogen) atoms. The van der Waals surface area contributed by atoms with Crippen molar-refractivity contribution in [1.29, 1.82) is 0 Å². The fourth-order valence-corrected chi connectivity index (χ4v) is 2.95. The molecule has 0 spiro atoms. The Morgan fingerprint density at radius 1 is 1.12 bits per heavy atom. The van der Waals surface area contributed by atoms with E-state index in [2.05, 4.69) is 9.97 Å². The van der Waals surface area contributed by atoms with Gasteiger partial charge in [-0.15, -0.1) is 0 Å². The van der Waals surface area contributed by atoms with Crippen LogP contribution in [0.2, 0.25) is 5.02 Å². The van der Waals surface area contributed by atoms with Crippen molar-refractivity contribution in [1.82, 2.24) is 9.97 Å². The van der Waals surface area contributed by atoms with Gasteiger partial charge in [0.05, 0.1) is 13.4 Å². The second kappa shape index (κ2) is 7.05. The molecule has 0 aliphatic carbocycles. The maximum atomic E-state index is 14.3. The third-order valence-electron chi connectivity index (χ3n) is 3.50. The molecule has 136 valence electrons. The Kier molecular flexibility index (Phi) is 4.97. The zero-order chi connectivity index (χ0) is 18.9. The van der Waals surface area contributed by atoms with Gasteiger partial charge >= 0.3 is 10.1 Å². The monoisotopic (exact) mass is 396 g/mol. The fraction of sp³-hybridized carbons (Fsp3) is 0.176. The van der Waals surface area contributed by atoms with Crippen LogP contribution in [0, 0.1) is 5.82 Å². The first-order chi connectivity index (χ1) is 12.3. The van der Waals surface area contributed by atoms with E-state index in [1.807, 2.05) is 0 Å². The van der Waals surface area contributed by atoms with Gasteiger partial charge in [0.25, 0.3) is 0 Å². The van der Waals surface area contributed by atoms with Crippen LogP contribution in [0.4, 0.5) is 4.39 Å². The van der Waals surface area contributed by atoms with E-state index in [0.29, 0.717) is 5.02 Å². The summed E-state index contributed by atoms with van der Waals surface area (Å²) in [5.41, 5.74) is 0.972. The molecule has 0 saturated heterocycles. The Hall–Kier alpha value is -2.45. The van der Waals surface area contributed by atoms with E-state index >= 15 is 0 Å². The van der Waals surface area contributed by atoms with Gasteiger partial charge < -0.3 is 8.92 Å². The summed E-state index contributed by atoms with van der Waals surface area (Å²) in [5, 5.41) is 0.424. The summed E-state index contributed by atoms with van der Waals surface area (Å²) >= 11 is 5.87. The second-order valence-electron chi connectivity index (χ2n) is 5.51. The lowest BCUT2D eigenvalue weighted by molar-refractivity contribution is 0.417. The van der Waals surface area contributed by atoms with Crippen molar-refractivity contribution in [2.24, 2.45) is 0 Å². The molecule has 2 aromatic carbocycles. The molecule has 0 bridgehead atoms. The highest BCUT2D eigenvalue weighted by Gasteiger charge is 2.20. The smallest absolute Gasteiger partial charge is 0.307 e. The van der Waals surface area contributed by atoms with Crippen molar-refractivity contribution in [2.75, 3.05) is 13.4 Å². The predicted molar refractivity (Wildman–Crippen MR) is 95.8 cm³/mol. The lowest BCUT2D eigenvalue weighted by atomic mass is 10.1. The molecule has 9 heteroatoms. The number of hydrogen-bond acceptors (Lipinski definition) is 6. The fourth-order valence-electron chi connectivity index (χ4n) is 2.42. The molecule has 0 fully saturated rings. The highest BCUT2D eigenvalue weighted by molar-refractivity contribution is 7.86. The molecule has 0 aliphatic heterocycles. The Morgan fingerprint density at radius 3 is 2.42 bits per heavy atom. The van der Waals surface area contributed by atoms with Crippen LogP contribution in [0.3, 0.4) is 0 Å². The minimum atomic E-state index is -3.92. The van der Waals surface area contributed by atoms with Crippen molar-refractivity contribution in [3.63, 3.8) is 0 Å². The second-order valence-corrected chi connectivity index (χ2v) is 7.52. The van der Waals surface area contributed by atoms with Gasteiger partial charge in [-0.2, -0.15) is 13.4 Å². The van der Waals surface area contributed by atoms with Gasteiger partial charge in [-0.05, 0) is 29.8 Å². The van der Waals surface area contributed by atoms with Crippen molar-refractivity contribution in [3.05, 3.63) is 58.6 Å². The first-order valence-corrected chi connectivity index (χ1v) is 9.63. The summed E-state index contributed by atoms with van der Waals surface area (Å²) in [6.07, 6.45) is 1.13. The Bertz CT molecular complexity index is 1070. The zero-order valence-electron chi connectivity index (χ0n) is 13.9. The van der Waals surface area contributed by atoms with Crippen LogP contribution in [-0.4, -0.2) is 31.8 Å². The molecule has 3 aromatic rings. The molecule has 3 rings (SSSR count). The van der Waals surface area contributed by atoms with Gasteiger partial charge in [0.15, 0.2) is 0 Å². The van der Waals surface area contributed by atoms with Crippen molar-refractivity contribution in [2.45, 2.75) is 6.42 Å². The first kappa shape index (κ1) is 18.3. The van der Waals surface area contributed by atoms with E-state index in [-0.39, 0.29) is 34.8 Å². The average molecular weight is 397 g/mol. The summed E-state index contributed by atoms with van der Waals surface area (Å²) in [5.74, 6) is -0.558. The number of fused-ring (bicyclic) bond motifs is 1. The van der Waals surface area contributed by atoms with E-state index in [1.165, 1.54) is 13.2 Å². The lowest BCUT2D eigenvalue weighted by Crippen LogP contribution is -2.10. The summed E-state index contributed by atoms with van der Waals surface area (Å²) in [4.78, 5) is 8.43. The van der Waals surface area contributed by atoms with Crippen LogP contribution >= 0.6 is 11.6 Å². The zero-order valence-corrected chi connectivity index (χ0v) is 15.4. The molecule has 1 aromatic heterocycles. The number of methoxy groups -OCH3 is 1. The SMILES string of the molecule is COc1ccc(F)c2c(OS(C)(=O)=O)nc(Cc3ccc(Cl)cc3)nc12. The summed E-state index contributed by atoms with van der Waals surface area (Å²) in [6, 6.07) is 9.54.